The SMILES string of the molecule is Fc1c(F)c(F)c2c(c1F)C1(F)C(F)(F)C(F)(F)C2(F)C(F)(F)C1(F)F. The van der Waals surface area contributed by atoms with Gasteiger partial charge in [-0.3, -0.25) is 0 Å². The maximum Gasteiger partial charge on any atom is 0.357 e. The molecule has 3 aliphatic carbocycles. The highest BCUT2D eigenvalue weighted by molar-refractivity contribution is 5.56. The van der Waals surface area contributed by atoms with Crippen molar-refractivity contribution in [1.29, 1.82) is 0 Å². The van der Waals surface area contributed by atoms with Gasteiger partial charge in [-0.25, -0.2) is 26.3 Å². The molecule has 0 radical (unpaired) electrons. The monoisotopic (exact) mass is 410 g/mol. The highest BCUT2D eigenvalue weighted by Crippen LogP contribution is 2.79. The van der Waals surface area contributed by atoms with Gasteiger partial charge in [0.15, 0.2) is 23.3 Å². The Morgan fingerprint density at radius 3 is 0.731 bits per heavy atom. The summed E-state index contributed by atoms with van der Waals surface area (Å²) >= 11 is 0. The van der Waals surface area contributed by atoms with Gasteiger partial charge in [-0.1, -0.05) is 0 Å². The molecular formula is C12F14. The van der Waals surface area contributed by atoms with E-state index in [-0.39, 0.29) is 0 Å². The second-order valence-electron chi connectivity index (χ2n) is 5.62. The van der Waals surface area contributed by atoms with Crippen LogP contribution in [0.15, 0.2) is 0 Å². The Hall–Kier alpha value is -1.76. The van der Waals surface area contributed by atoms with Crippen LogP contribution >= 0.6 is 0 Å². The van der Waals surface area contributed by atoms with Gasteiger partial charge in [0.25, 0.3) is 11.3 Å². The molecule has 26 heavy (non-hydrogen) atoms. The Balaban J connectivity index is 2.74. The molecule has 0 atom stereocenters. The number of halogens is 14. The van der Waals surface area contributed by atoms with Crippen LogP contribution in [0.2, 0.25) is 0 Å². The van der Waals surface area contributed by atoms with Gasteiger partial charge >= 0.3 is 23.7 Å². The van der Waals surface area contributed by atoms with Gasteiger partial charge in [0.2, 0.25) is 0 Å². The lowest BCUT2D eigenvalue weighted by Crippen LogP contribution is -2.86. The summed E-state index contributed by atoms with van der Waals surface area (Å²) in [6.45, 7) is 0. The predicted octanol–water partition coefficient (Wildman–Crippen LogP) is 5.14. The molecule has 3 aliphatic rings. The largest absolute Gasteiger partial charge is 0.357 e. The van der Waals surface area contributed by atoms with Crippen LogP contribution < -0.4 is 0 Å². The Kier molecular flexibility index (Phi) is 3.08. The van der Waals surface area contributed by atoms with Crippen LogP contribution in [0, 0.1) is 23.3 Å². The van der Waals surface area contributed by atoms with Crippen molar-refractivity contribution in [1.82, 2.24) is 0 Å². The van der Waals surface area contributed by atoms with Crippen LogP contribution in [0.3, 0.4) is 0 Å². The van der Waals surface area contributed by atoms with Gasteiger partial charge in [-0.15, -0.1) is 0 Å². The highest BCUT2D eigenvalue weighted by atomic mass is 19.4. The molecule has 0 spiro atoms. The summed E-state index contributed by atoms with van der Waals surface area (Å²) in [5, 5.41) is 0. The van der Waals surface area contributed by atoms with Gasteiger partial charge in [-0.05, 0) is 0 Å². The third-order valence-electron chi connectivity index (χ3n) is 4.48. The normalized spacial score (nSPS) is 35.3. The minimum Gasteiger partial charge on any atom is -0.224 e. The first-order valence-electron chi connectivity index (χ1n) is 6.15. The average molecular weight is 410 g/mol. The molecule has 146 valence electrons. The second kappa shape index (κ2) is 4.21. The zero-order valence-corrected chi connectivity index (χ0v) is 11.3. The molecule has 0 heterocycles. The fourth-order valence-electron chi connectivity index (χ4n) is 3.17. The minimum atomic E-state index is -7.11. The van der Waals surface area contributed by atoms with Gasteiger partial charge < -0.3 is 0 Å². The number of fused-ring (bicyclic) bond motifs is 2. The quantitative estimate of drug-likeness (QED) is 0.316. The van der Waals surface area contributed by atoms with Gasteiger partial charge in [0, 0.05) is 0 Å². The number of hydrogen-bond acceptors (Lipinski definition) is 0. The molecule has 2 bridgehead atoms. The van der Waals surface area contributed by atoms with Gasteiger partial charge in [0.1, 0.15) is 0 Å². The van der Waals surface area contributed by atoms with Crippen molar-refractivity contribution in [3.8, 4) is 0 Å². The number of hydrogen-bond donors (Lipinski definition) is 0. The molecule has 1 aromatic rings. The van der Waals surface area contributed by atoms with E-state index in [4.69, 9.17) is 0 Å². The molecule has 4 rings (SSSR count). The van der Waals surface area contributed by atoms with Crippen LogP contribution in [-0.4, -0.2) is 23.7 Å². The van der Waals surface area contributed by atoms with Crippen molar-refractivity contribution in [3.05, 3.63) is 34.4 Å². The van der Waals surface area contributed by atoms with Crippen molar-refractivity contribution in [2.24, 2.45) is 0 Å². The molecule has 1 aromatic carbocycles. The van der Waals surface area contributed by atoms with Gasteiger partial charge in [0.05, 0.1) is 11.1 Å². The lowest BCUT2D eigenvalue weighted by molar-refractivity contribution is -0.481. The van der Waals surface area contributed by atoms with Crippen LogP contribution in [0.25, 0.3) is 0 Å². The van der Waals surface area contributed by atoms with Crippen molar-refractivity contribution in [3.63, 3.8) is 0 Å². The first-order valence-corrected chi connectivity index (χ1v) is 6.15. The van der Waals surface area contributed by atoms with Crippen LogP contribution in [0.5, 0.6) is 0 Å². The average Bonchev–Trinajstić information content (AvgIpc) is 2.51. The second-order valence-corrected chi connectivity index (χ2v) is 5.62. The Morgan fingerprint density at radius 1 is 0.346 bits per heavy atom. The summed E-state index contributed by atoms with van der Waals surface area (Å²) in [4.78, 5) is 0. The molecular weight excluding hydrogens is 410 g/mol. The predicted molar refractivity (Wildman–Crippen MR) is 51.6 cm³/mol. The molecule has 1 saturated carbocycles. The summed E-state index contributed by atoms with van der Waals surface area (Å²) in [6.07, 6.45) is 0. The third kappa shape index (κ3) is 1.29. The summed E-state index contributed by atoms with van der Waals surface area (Å²) in [5.41, 5.74) is -20.6. The fourth-order valence-corrected chi connectivity index (χ4v) is 3.17. The van der Waals surface area contributed by atoms with E-state index in [0.29, 0.717) is 0 Å². The molecule has 0 nitrogen and oxygen atoms in total. The van der Waals surface area contributed by atoms with Crippen molar-refractivity contribution in [2.75, 3.05) is 0 Å². The number of alkyl halides is 10. The summed E-state index contributed by atoms with van der Waals surface area (Å²) < 4.78 is 192. The van der Waals surface area contributed by atoms with Crippen LogP contribution in [0.4, 0.5) is 61.5 Å². The molecule has 0 amide bonds. The van der Waals surface area contributed by atoms with E-state index in [0.717, 1.165) is 0 Å². The highest BCUT2D eigenvalue weighted by Gasteiger charge is 3.04. The maximum absolute atomic E-state index is 14.5. The molecule has 0 saturated heterocycles. The standard InChI is InChI=1S/C12F14/c13-3-1-2(4(14)6(16)5(3)15)8(18)11(23,24)9(19,20)7(1,17)10(21,22)12(8,25)26. The van der Waals surface area contributed by atoms with Crippen LogP contribution in [0.1, 0.15) is 11.1 Å². The number of benzene rings is 1. The first-order chi connectivity index (χ1) is 11.4. The summed E-state index contributed by atoms with van der Waals surface area (Å²) in [5.74, 6) is -41.9. The topological polar surface area (TPSA) is 0 Å². The Morgan fingerprint density at radius 2 is 0.538 bits per heavy atom. The van der Waals surface area contributed by atoms with Crippen LogP contribution in [-0.2, 0) is 11.3 Å². The van der Waals surface area contributed by atoms with E-state index < -0.39 is 69.4 Å². The molecule has 0 aliphatic heterocycles. The van der Waals surface area contributed by atoms with Crippen molar-refractivity contribution >= 4 is 0 Å². The maximum atomic E-state index is 14.5. The Bertz CT molecular complexity index is 740. The Labute approximate surface area is 132 Å². The third-order valence-corrected chi connectivity index (χ3v) is 4.48. The number of rotatable bonds is 0. The van der Waals surface area contributed by atoms with E-state index in [1.54, 1.807) is 0 Å². The zero-order chi connectivity index (χ0) is 20.5. The van der Waals surface area contributed by atoms with E-state index in [2.05, 4.69) is 0 Å². The molecule has 0 N–H and O–H groups in total. The molecule has 1 fully saturated rings. The summed E-state index contributed by atoms with van der Waals surface area (Å²) in [6, 6.07) is 0. The van der Waals surface area contributed by atoms with E-state index in [1.807, 2.05) is 0 Å². The lowest BCUT2D eigenvalue weighted by atomic mass is 9.55. The van der Waals surface area contributed by atoms with E-state index in [9.17, 15) is 61.5 Å². The molecule has 0 aromatic heterocycles. The fraction of sp³-hybridized carbons (Fsp3) is 0.500. The smallest absolute Gasteiger partial charge is 0.224 e. The van der Waals surface area contributed by atoms with E-state index >= 15 is 0 Å². The minimum absolute atomic E-state index is 3.27. The van der Waals surface area contributed by atoms with Gasteiger partial charge in [-0.2, -0.15) is 35.1 Å². The van der Waals surface area contributed by atoms with Crippen molar-refractivity contribution in [2.45, 2.75) is 35.0 Å². The molecule has 14 heteroatoms. The zero-order valence-electron chi connectivity index (χ0n) is 11.3. The van der Waals surface area contributed by atoms with E-state index in [1.165, 1.54) is 0 Å². The molecule has 0 unspecified atom stereocenters. The lowest BCUT2D eigenvalue weighted by Gasteiger charge is -2.60. The summed E-state index contributed by atoms with van der Waals surface area (Å²) in [7, 11) is 0. The first kappa shape index (κ1) is 19.0. The van der Waals surface area contributed by atoms with Crippen molar-refractivity contribution < 1.29 is 61.5 Å².